The van der Waals surface area contributed by atoms with Gasteiger partial charge in [0.1, 0.15) is 11.9 Å². The van der Waals surface area contributed by atoms with Crippen molar-refractivity contribution in [2.45, 2.75) is 45.2 Å². The molecule has 0 saturated heterocycles. The molecule has 0 bridgehead atoms. The summed E-state index contributed by atoms with van der Waals surface area (Å²) < 4.78 is 13.4. The fourth-order valence-corrected chi connectivity index (χ4v) is 4.24. The number of carbonyl (C=O) groups excluding carboxylic acids is 2. The Morgan fingerprint density at radius 1 is 0.971 bits per heavy atom. The average molecular weight is 515 g/mol. The van der Waals surface area contributed by atoms with Crippen molar-refractivity contribution in [3.05, 3.63) is 105 Å². The third kappa shape index (κ3) is 8.08. The Hall–Kier alpha value is -2.89. The molecule has 1 N–H and O–H groups in total. The van der Waals surface area contributed by atoms with Crippen LogP contribution in [0, 0.1) is 5.82 Å². The van der Waals surface area contributed by atoms with Crippen molar-refractivity contribution in [3.8, 4) is 0 Å². The highest BCUT2D eigenvalue weighted by Gasteiger charge is 2.30. The summed E-state index contributed by atoms with van der Waals surface area (Å²) in [5, 5.41) is 3.89. The lowest BCUT2D eigenvalue weighted by Crippen LogP contribution is -2.51. The minimum Gasteiger partial charge on any atom is -0.354 e. The van der Waals surface area contributed by atoms with Crippen LogP contribution in [0.3, 0.4) is 0 Å². The van der Waals surface area contributed by atoms with Crippen molar-refractivity contribution in [2.75, 3.05) is 6.54 Å². The number of rotatable bonds is 11. The Morgan fingerprint density at radius 2 is 1.69 bits per heavy atom. The van der Waals surface area contributed by atoms with Gasteiger partial charge in [-0.3, -0.25) is 9.59 Å². The zero-order valence-electron chi connectivity index (χ0n) is 19.6. The van der Waals surface area contributed by atoms with E-state index in [1.807, 2.05) is 30.3 Å². The van der Waals surface area contributed by atoms with Crippen molar-refractivity contribution in [1.82, 2.24) is 10.2 Å². The number of unbranched alkanes of at least 4 members (excludes halogenated alkanes) is 1. The van der Waals surface area contributed by atoms with Crippen LogP contribution in [0.15, 0.2) is 72.8 Å². The van der Waals surface area contributed by atoms with E-state index in [9.17, 15) is 14.0 Å². The van der Waals surface area contributed by atoms with Crippen molar-refractivity contribution in [2.24, 2.45) is 0 Å². The number of carbonyl (C=O) groups is 2. The average Bonchev–Trinajstić information content (AvgIpc) is 2.84. The predicted octanol–water partition coefficient (Wildman–Crippen LogP) is 6.23. The highest BCUT2D eigenvalue weighted by molar-refractivity contribution is 6.35. The smallest absolute Gasteiger partial charge is 0.243 e. The SMILES string of the molecule is CCCCNC(=O)C(Cc1ccccc1)N(Cc1ccc(Cl)cc1Cl)C(=O)Cc1ccc(F)cc1. The zero-order valence-corrected chi connectivity index (χ0v) is 21.2. The van der Waals surface area contributed by atoms with E-state index >= 15 is 0 Å². The number of benzene rings is 3. The van der Waals surface area contributed by atoms with Gasteiger partial charge >= 0.3 is 0 Å². The first-order valence-electron chi connectivity index (χ1n) is 11.7. The van der Waals surface area contributed by atoms with E-state index in [0.29, 0.717) is 34.1 Å². The summed E-state index contributed by atoms with van der Waals surface area (Å²) in [5.41, 5.74) is 2.28. The third-order valence-corrected chi connectivity index (χ3v) is 6.31. The minimum atomic E-state index is -0.756. The molecule has 0 aliphatic rings. The third-order valence-electron chi connectivity index (χ3n) is 5.73. The molecular weight excluding hydrogens is 486 g/mol. The maximum absolute atomic E-state index is 13.6. The van der Waals surface area contributed by atoms with Crippen molar-refractivity contribution in [1.29, 1.82) is 0 Å². The lowest BCUT2D eigenvalue weighted by molar-refractivity contribution is -0.140. The molecule has 4 nitrogen and oxygen atoms in total. The van der Waals surface area contributed by atoms with Crippen LogP contribution in [0.2, 0.25) is 10.0 Å². The van der Waals surface area contributed by atoms with Gasteiger partial charge in [-0.25, -0.2) is 4.39 Å². The Kier molecular flexibility index (Phi) is 10.1. The first-order chi connectivity index (χ1) is 16.9. The monoisotopic (exact) mass is 514 g/mol. The summed E-state index contributed by atoms with van der Waals surface area (Å²) in [5.74, 6) is -0.850. The number of nitrogens with one attached hydrogen (secondary N) is 1. The molecule has 184 valence electrons. The standard InChI is InChI=1S/C28H29Cl2FN2O2/c1-2-3-15-32-28(35)26(16-20-7-5-4-6-8-20)33(19-22-11-12-23(29)18-25(22)30)27(34)17-21-9-13-24(31)14-10-21/h4-14,18,26H,2-3,15-17,19H2,1H3,(H,32,35). The van der Waals surface area contributed by atoms with Crippen LogP contribution < -0.4 is 5.32 Å². The van der Waals surface area contributed by atoms with Crippen molar-refractivity contribution < 1.29 is 14.0 Å². The number of hydrogen-bond donors (Lipinski definition) is 1. The van der Waals surface area contributed by atoms with Crippen LogP contribution >= 0.6 is 23.2 Å². The lowest BCUT2D eigenvalue weighted by Gasteiger charge is -2.32. The number of amides is 2. The quantitative estimate of drug-likeness (QED) is 0.308. The molecule has 0 spiro atoms. The van der Waals surface area contributed by atoms with Crippen LogP contribution in [0.4, 0.5) is 4.39 Å². The van der Waals surface area contributed by atoms with Gasteiger partial charge in [-0.1, -0.05) is 85.1 Å². The summed E-state index contributed by atoms with van der Waals surface area (Å²) in [6, 6.07) is 19.7. The Balaban J connectivity index is 1.96. The van der Waals surface area contributed by atoms with E-state index in [-0.39, 0.29) is 30.6 Å². The molecule has 0 fully saturated rings. The second-order valence-corrected chi connectivity index (χ2v) is 9.25. The van der Waals surface area contributed by atoms with Gasteiger partial charge in [0.25, 0.3) is 0 Å². The van der Waals surface area contributed by atoms with E-state index in [2.05, 4.69) is 12.2 Å². The maximum Gasteiger partial charge on any atom is 0.243 e. The topological polar surface area (TPSA) is 49.4 Å². The Labute approximate surface area is 216 Å². The highest BCUT2D eigenvalue weighted by Crippen LogP contribution is 2.24. The van der Waals surface area contributed by atoms with E-state index in [1.165, 1.54) is 12.1 Å². The number of halogens is 3. The molecule has 35 heavy (non-hydrogen) atoms. The molecule has 1 atom stereocenters. The molecule has 3 aromatic carbocycles. The molecule has 2 amide bonds. The second kappa shape index (κ2) is 13.3. The van der Waals surface area contributed by atoms with Gasteiger partial charge in [0, 0.05) is 29.6 Å². The molecule has 0 aromatic heterocycles. The van der Waals surface area contributed by atoms with Gasteiger partial charge in [0.2, 0.25) is 11.8 Å². The summed E-state index contributed by atoms with van der Waals surface area (Å²) in [7, 11) is 0. The van der Waals surface area contributed by atoms with Gasteiger partial charge < -0.3 is 10.2 Å². The van der Waals surface area contributed by atoms with E-state index < -0.39 is 6.04 Å². The zero-order chi connectivity index (χ0) is 25.2. The van der Waals surface area contributed by atoms with Gasteiger partial charge in [-0.2, -0.15) is 0 Å². The van der Waals surface area contributed by atoms with E-state index in [4.69, 9.17) is 23.2 Å². The molecule has 3 rings (SSSR count). The molecule has 0 saturated carbocycles. The summed E-state index contributed by atoms with van der Waals surface area (Å²) in [6.07, 6.45) is 2.16. The Bertz CT molecular complexity index is 1120. The molecule has 3 aromatic rings. The summed E-state index contributed by atoms with van der Waals surface area (Å²) in [6.45, 7) is 2.71. The number of hydrogen-bond acceptors (Lipinski definition) is 2. The largest absolute Gasteiger partial charge is 0.354 e. The van der Waals surface area contributed by atoms with Crippen LogP contribution in [-0.4, -0.2) is 29.3 Å². The van der Waals surface area contributed by atoms with Crippen LogP contribution in [0.1, 0.15) is 36.5 Å². The molecule has 0 radical (unpaired) electrons. The predicted molar refractivity (Wildman–Crippen MR) is 139 cm³/mol. The fourth-order valence-electron chi connectivity index (χ4n) is 3.77. The van der Waals surface area contributed by atoms with Gasteiger partial charge in [0.05, 0.1) is 6.42 Å². The minimum absolute atomic E-state index is 0.0268. The molecule has 0 aliphatic heterocycles. The van der Waals surface area contributed by atoms with Crippen molar-refractivity contribution >= 4 is 35.0 Å². The normalized spacial score (nSPS) is 11.7. The van der Waals surface area contributed by atoms with E-state index in [1.54, 1.807) is 35.2 Å². The summed E-state index contributed by atoms with van der Waals surface area (Å²) >= 11 is 12.5. The first-order valence-corrected chi connectivity index (χ1v) is 12.4. The highest BCUT2D eigenvalue weighted by atomic mass is 35.5. The second-order valence-electron chi connectivity index (χ2n) is 8.41. The van der Waals surface area contributed by atoms with E-state index in [0.717, 1.165) is 18.4 Å². The van der Waals surface area contributed by atoms with Gasteiger partial charge in [0.15, 0.2) is 0 Å². The van der Waals surface area contributed by atoms with Crippen LogP contribution in [0.5, 0.6) is 0 Å². The van der Waals surface area contributed by atoms with Gasteiger partial charge in [-0.05, 0) is 47.4 Å². The molecule has 1 unspecified atom stereocenters. The molecular formula is C28H29Cl2FN2O2. The van der Waals surface area contributed by atoms with Gasteiger partial charge in [-0.15, -0.1) is 0 Å². The number of nitrogens with zero attached hydrogens (tertiary/aromatic N) is 1. The molecule has 0 heterocycles. The maximum atomic E-state index is 13.6. The molecule has 7 heteroatoms. The molecule has 0 aliphatic carbocycles. The fraction of sp³-hybridized carbons (Fsp3) is 0.286. The Morgan fingerprint density at radius 3 is 2.34 bits per heavy atom. The first kappa shape index (κ1) is 26.7. The lowest BCUT2D eigenvalue weighted by atomic mass is 10.0. The summed E-state index contributed by atoms with van der Waals surface area (Å²) in [4.78, 5) is 28.6. The van der Waals surface area contributed by atoms with Crippen LogP contribution in [-0.2, 0) is 29.0 Å². The van der Waals surface area contributed by atoms with Crippen LogP contribution in [0.25, 0.3) is 0 Å². The van der Waals surface area contributed by atoms with Crippen molar-refractivity contribution in [3.63, 3.8) is 0 Å².